The average molecular weight is 425 g/mol. The largest absolute Gasteiger partial charge is 0.482 e. The van der Waals surface area contributed by atoms with Crippen molar-refractivity contribution in [3.05, 3.63) is 63.9 Å². The number of hydrogen-bond acceptors (Lipinski definition) is 3. The molecule has 1 fully saturated rings. The molecule has 2 atom stereocenters. The van der Waals surface area contributed by atoms with Crippen LogP contribution in [0.5, 0.6) is 5.75 Å². The van der Waals surface area contributed by atoms with Gasteiger partial charge in [-0.25, -0.2) is 4.39 Å². The summed E-state index contributed by atoms with van der Waals surface area (Å²) in [5, 5.41) is 0.922. The number of halogens is 3. The zero-order valence-corrected chi connectivity index (χ0v) is 17.4. The van der Waals surface area contributed by atoms with E-state index in [4.69, 9.17) is 27.9 Å². The highest BCUT2D eigenvalue weighted by Gasteiger charge is 2.32. The van der Waals surface area contributed by atoms with Crippen LogP contribution in [0.2, 0.25) is 10.0 Å². The standard InChI is InChI=1S/C21H23Cl2FN2O2/c1-14-11-26(21(27)13-28-20-9-17(22)5-8-19(20)23)15(2)10-25(14)12-16-3-6-18(24)7-4-16/h3-9,14-15H,10-13H2,1-2H3. The number of hydrogen-bond donors (Lipinski definition) is 0. The molecule has 1 amide bonds. The summed E-state index contributed by atoms with van der Waals surface area (Å²) in [6.45, 7) is 6.09. The second-order valence-corrected chi connectivity index (χ2v) is 8.01. The Labute approximate surface area is 174 Å². The van der Waals surface area contributed by atoms with Crippen molar-refractivity contribution in [2.75, 3.05) is 19.7 Å². The van der Waals surface area contributed by atoms with Crippen LogP contribution in [0, 0.1) is 5.82 Å². The topological polar surface area (TPSA) is 32.8 Å². The lowest BCUT2D eigenvalue weighted by atomic mass is 10.1. The fraction of sp³-hybridized carbons (Fsp3) is 0.381. The van der Waals surface area contributed by atoms with E-state index < -0.39 is 0 Å². The normalized spacial score (nSPS) is 20.2. The molecule has 1 saturated heterocycles. The van der Waals surface area contributed by atoms with Gasteiger partial charge in [0, 0.05) is 42.8 Å². The quantitative estimate of drug-likeness (QED) is 0.700. The first kappa shape index (κ1) is 20.9. The average Bonchev–Trinajstić information content (AvgIpc) is 2.66. The van der Waals surface area contributed by atoms with E-state index in [9.17, 15) is 9.18 Å². The minimum absolute atomic E-state index is 0.0441. The van der Waals surface area contributed by atoms with Crippen molar-refractivity contribution in [1.29, 1.82) is 0 Å². The van der Waals surface area contributed by atoms with Gasteiger partial charge in [-0.05, 0) is 43.7 Å². The number of benzene rings is 2. The number of ether oxygens (including phenoxy) is 1. The van der Waals surface area contributed by atoms with Crippen LogP contribution >= 0.6 is 23.2 Å². The van der Waals surface area contributed by atoms with Gasteiger partial charge in [0.05, 0.1) is 5.02 Å². The lowest BCUT2D eigenvalue weighted by molar-refractivity contribution is -0.139. The molecule has 2 aromatic carbocycles. The van der Waals surface area contributed by atoms with Crippen molar-refractivity contribution in [2.24, 2.45) is 0 Å². The maximum Gasteiger partial charge on any atom is 0.260 e. The van der Waals surface area contributed by atoms with Crippen molar-refractivity contribution < 1.29 is 13.9 Å². The van der Waals surface area contributed by atoms with Gasteiger partial charge in [0.15, 0.2) is 6.61 Å². The molecule has 2 aromatic rings. The lowest BCUT2D eigenvalue weighted by Crippen LogP contribution is -2.58. The summed E-state index contributed by atoms with van der Waals surface area (Å²) >= 11 is 12.0. The van der Waals surface area contributed by atoms with Crippen molar-refractivity contribution in [3.63, 3.8) is 0 Å². The number of piperazine rings is 1. The Balaban J connectivity index is 1.57. The second kappa shape index (κ2) is 9.12. The SMILES string of the molecule is CC1CN(C(=O)COc2cc(Cl)ccc2Cl)C(C)CN1Cc1ccc(F)cc1. The Kier molecular flexibility index (Phi) is 6.81. The van der Waals surface area contributed by atoms with Gasteiger partial charge in [-0.2, -0.15) is 0 Å². The zero-order chi connectivity index (χ0) is 20.3. The summed E-state index contributed by atoms with van der Waals surface area (Å²) < 4.78 is 18.7. The van der Waals surface area contributed by atoms with E-state index in [0.717, 1.165) is 18.7 Å². The van der Waals surface area contributed by atoms with Crippen LogP contribution in [-0.4, -0.2) is 47.5 Å². The van der Waals surface area contributed by atoms with Crippen molar-refractivity contribution in [2.45, 2.75) is 32.5 Å². The van der Waals surface area contributed by atoms with Gasteiger partial charge in [0.1, 0.15) is 11.6 Å². The molecule has 1 heterocycles. The second-order valence-electron chi connectivity index (χ2n) is 7.16. The molecule has 0 aliphatic carbocycles. The van der Waals surface area contributed by atoms with E-state index in [1.165, 1.54) is 12.1 Å². The predicted molar refractivity (Wildman–Crippen MR) is 109 cm³/mol. The molecule has 28 heavy (non-hydrogen) atoms. The Bertz CT molecular complexity index is 832. The fourth-order valence-corrected chi connectivity index (χ4v) is 3.73. The molecule has 7 heteroatoms. The van der Waals surface area contributed by atoms with Crippen LogP contribution in [0.4, 0.5) is 4.39 Å². The van der Waals surface area contributed by atoms with Crippen molar-refractivity contribution in [3.8, 4) is 5.75 Å². The molecule has 150 valence electrons. The van der Waals surface area contributed by atoms with Crippen molar-refractivity contribution >= 4 is 29.1 Å². The molecule has 1 aliphatic rings. The first-order chi connectivity index (χ1) is 13.3. The van der Waals surface area contributed by atoms with Gasteiger partial charge in [0.2, 0.25) is 0 Å². The third kappa shape index (κ3) is 5.16. The summed E-state index contributed by atoms with van der Waals surface area (Å²) in [5.41, 5.74) is 1.05. The van der Waals surface area contributed by atoms with Gasteiger partial charge in [-0.1, -0.05) is 35.3 Å². The van der Waals surface area contributed by atoms with E-state index in [1.54, 1.807) is 30.3 Å². The minimum Gasteiger partial charge on any atom is -0.482 e. The van der Waals surface area contributed by atoms with Crippen LogP contribution in [0.3, 0.4) is 0 Å². The summed E-state index contributed by atoms with van der Waals surface area (Å²) in [6, 6.07) is 11.7. The molecule has 4 nitrogen and oxygen atoms in total. The van der Waals surface area contributed by atoms with E-state index in [0.29, 0.717) is 22.3 Å². The third-order valence-electron chi connectivity index (χ3n) is 4.98. The minimum atomic E-state index is -0.236. The zero-order valence-electron chi connectivity index (χ0n) is 15.9. The molecule has 0 saturated carbocycles. The van der Waals surface area contributed by atoms with Gasteiger partial charge >= 0.3 is 0 Å². The smallest absolute Gasteiger partial charge is 0.260 e. The molecule has 0 radical (unpaired) electrons. The molecule has 3 rings (SSSR count). The Hall–Kier alpha value is -1.82. The third-order valence-corrected chi connectivity index (χ3v) is 5.53. The lowest BCUT2D eigenvalue weighted by Gasteiger charge is -2.44. The Morgan fingerprint density at radius 2 is 1.82 bits per heavy atom. The first-order valence-corrected chi connectivity index (χ1v) is 9.95. The van der Waals surface area contributed by atoms with Crippen LogP contribution < -0.4 is 4.74 Å². The molecular weight excluding hydrogens is 402 g/mol. The van der Waals surface area contributed by atoms with Crippen LogP contribution in [0.1, 0.15) is 19.4 Å². The van der Waals surface area contributed by atoms with Crippen LogP contribution in [-0.2, 0) is 11.3 Å². The molecule has 0 bridgehead atoms. The number of carbonyl (C=O) groups is 1. The van der Waals surface area contributed by atoms with Crippen molar-refractivity contribution in [1.82, 2.24) is 9.80 Å². The molecule has 2 unspecified atom stereocenters. The van der Waals surface area contributed by atoms with Gasteiger partial charge < -0.3 is 9.64 Å². The maximum atomic E-state index is 13.1. The highest BCUT2D eigenvalue weighted by molar-refractivity contribution is 6.34. The number of amides is 1. The summed E-state index contributed by atoms with van der Waals surface area (Å²) in [7, 11) is 0. The van der Waals surface area contributed by atoms with E-state index in [2.05, 4.69) is 11.8 Å². The Morgan fingerprint density at radius 1 is 1.11 bits per heavy atom. The highest BCUT2D eigenvalue weighted by Crippen LogP contribution is 2.28. The van der Waals surface area contributed by atoms with Gasteiger partial charge in [-0.3, -0.25) is 9.69 Å². The predicted octanol–water partition coefficient (Wildman–Crippen LogP) is 4.63. The maximum absolute atomic E-state index is 13.1. The van der Waals surface area contributed by atoms with E-state index >= 15 is 0 Å². The molecule has 0 N–H and O–H groups in total. The molecule has 0 spiro atoms. The van der Waals surface area contributed by atoms with Gasteiger partial charge in [-0.15, -0.1) is 0 Å². The molecular formula is C21H23Cl2FN2O2. The number of rotatable bonds is 5. The summed E-state index contributed by atoms with van der Waals surface area (Å²) in [6.07, 6.45) is 0. The van der Waals surface area contributed by atoms with Crippen LogP contribution in [0.15, 0.2) is 42.5 Å². The first-order valence-electron chi connectivity index (χ1n) is 9.19. The monoisotopic (exact) mass is 424 g/mol. The summed E-state index contributed by atoms with van der Waals surface area (Å²) in [4.78, 5) is 16.8. The summed E-state index contributed by atoms with van der Waals surface area (Å²) in [5.74, 6) is 0.0791. The highest BCUT2D eigenvalue weighted by atomic mass is 35.5. The molecule has 1 aliphatic heterocycles. The fourth-order valence-electron chi connectivity index (χ4n) is 3.40. The van der Waals surface area contributed by atoms with Gasteiger partial charge in [0.25, 0.3) is 5.91 Å². The number of nitrogens with zero attached hydrogens (tertiary/aromatic N) is 2. The number of carbonyl (C=O) groups excluding carboxylic acids is 1. The molecule has 0 aromatic heterocycles. The van der Waals surface area contributed by atoms with E-state index in [-0.39, 0.29) is 30.4 Å². The van der Waals surface area contributed by atoms with Crippen LogP contribution in [0.25, 0.3) is 0 Å². The van der Waals surface area contributed by atoms with E-state index in [1.807, 2.05) is 11.8 Å². The Morgan fingerprint density at radius 3 is 2.54 bits per heavy atom.